The van der Waals surface area contributed by atoms with E-state index in [0.717, 1.165) is 60.9 Å². The zero-order valence-electron chi connectivity index (χ0n) is 24.2. The number of rotatable bonds is 3. The number of benzene rings is 6. The van der Waals surface area contributed by atoms with Crippen LogP contribution in [0.15, 0.2) is 150 Å². The van der Waals surface area contributed by atoms with Gasteiger partial charge < -0.3 is 13.6 Å². The number of nitrogens with zero attached hydrogens (tertiary/aromatic N) is 2. The second-order valence-electron chi connectivity index (χ2n) is 11.6. The maximum Gasteiger partial charge on any atom is 0.135 e. The van der Waals surface area contributed by atoms with E-state index in [4.69, 9.17) is 4.42 Å². The molecule has 3 aromatic heterocycles. The van der Waals surface area contributed by atoms with Crippen molar-refractivity contribution < 1.29 is 4.42 Å². The van der Waals surface area contributed by atoms with E-state index in [1.165, 1.54) is 27.2 Å². The lowest BCUT2D eigenvalue weighted by Gasteiger charge is -2.10. The Morgan fingerprint density at radius 3 is 1.80 bits per heavy atom. The summed E-state index contributed by atoms with van der Waals surface area (Å²) in [6, 6.07) is 58.1. The molecule has 0 saturated heterocycles. The first kappa shape index (κ1) is 24.2. The van der Waals surface area contributed by atoms with Gasteiger partial charge in [0.15, 0.2) is 0 Å². The second kappa shape index (κ2) is 9.13. The quantitative estimate of drug-likeness (QED) is 0.206. The van der Waals surface area contributed by atoms with Crippen LogP contribution in [0.2, 0.25) is 0 Å². The molecule has 10 aromatic rings. The fourth-order valence-corrected chi connectivity index (χ4v) is 7.17. The molecule has 0 unspecified atom stereocenters. The molecule has 208 valence electrons. The van der Waals surface area contributed by atoms with Gasteiger partial charge in [0.25, 0.3) is 0 Å². The number of hydrogen-bond donors (Lipinski definition) is 0. The standard InChI is InChI=1S/C42H24N2O/c1-5-16-37-31(12-1)32-13-2-6-17-38(32)43(37)29-11-9-10-27(24-29)28-20-22-41-35(25-28)36-26-30(21-23-42(36)45-41)44-39-18-7-3-14-33(39)34-15-4-8-19-40(34)44/h1,3-12,14-26H. The Kier molecular flexibility index (Phi) is 4.92. The lowest BCUT2D eigenvalue weighted by Crippen LogP contribution is -1.94. The highest BCUT2D eigenvalue weighted by Gasteiger charge is 2.16. The lowest BCUT2D eigenvalue weighted by atomic mass is 10.0. The summed E-state index contributed by atoms with van der Waals surface area (Å²) in [6.45, 7) is 0. The summed E-state index contributed by atoms with van der Waals surface area (Å²) < 4.78 is 11.0. The van der Waals surface area contributed by atoms with E-state index in [1.54, 1.807) is 0 Å². The van der Waals surface area contributed by atoms with Crippen molar-refractivity contribution in [2.24, 2.45) is 0 Å². The molecule has 0 N–H and O–H groups in total. The van der Waals surface area contributed by atoms with Gasteiger partial charge >= 0.3 is 0 Å². The zero-order valence-corrected chi connectivity index (χ0v) is 24.2. The summed E-state index contributed by atoms with van der Waals surface area (Å²) in [7, 11) is 0. The number of furan rings is 1. The fourth-order valence-electron chi connectivity index (χ4n) is 7.17. The molecular weight excluding hydrogens is 548 g/mol. The SMILES string of the molecule is c1ccc2c(c#1)c1ccccc1n2-c1cccc(-c2ccc3oc4ccc(-n5c6ccccc6c6ccccc65)cc4c3c2)c1. The van der Waals surface area contributed by atoms with Gasteiger partial charge in [-0.3, -0.25) is 0 Å². The van der Waals surface area contributed by atoms with Crippen molar-refractivity contribution in [2.45, 2.75) is 0 Å². The predicted molar refractivity (Wildman–Crippen MR) is 186 cm³/mol. The minimum Gasteiger partial charge on any atom is -0.456 e. The topological polar surface area (TPSA) is 23.0 Å². The normalized spacial score (nSPS) is 11.8. The van der Waals surface area contributed by atoms with Crippen molar-refractivity contribution in [3.63, 3.8) is 0 Å². The second-order valence-corrected chi connectivity index (χ2v) is 11.6. The first-order valence-electron chi connectivity index (χ1n) is 15.2. The van der Waals surface area contributed by atoms with Crippen LogP contribution >= 0.6 is 0 Å². The number of fused-ring (bicyclic) bond motifs is 9. The van der Waals surface area contributed by atoms with Gasteiger partial charge in [-0.2, -0.15) is 0 Å². The molecule has 7 aromatic carbocycles. The smallest absolute Gasteiger partial charge is 0.135 e. The van der Waals surface area contributed by atoms with E-state index < -0.39 is 0 Å². The Morgan fingerprint density at radius 2 is 1.02 bits per heavy atom. The number of aromatic nitrogens is 2. The molecule has 0 bridgehead atoms. The van der Waals surface area contributed by atoms with Crippen LogP contribution in [-0.4, -0.2) is 9.13 Å². The van der Waals surface area contributed by atoms with E-state index in [1.807, 2.05) is 6.07 Å². The molecule has 0 atom stereocenters. The molecule has 0 aliphatic carbocycles. The number of para-hydroxylation sites is 3. The molecule has 0 amide bonds. The van der Waals surface area contributed by atoms with Gasteiger partial charge in [-0.25, -0.2) is 0 Å². The molecule has 10 rings (SSSR count). The van der Waals surface area contributed by atoms with E-state index in [2.05, 4.69) is 161 Å². The molecule has 0 aliphatic rings. The van der Waals surface area contributed by atoms with Crippen LogP contribution < -0.4 is 0 Å². The summed E-state index contributed by atoms with van der Waals surface area (Å²) in [5, 5.41) is 7.00. The fraction of sp³-hybridized carbons (Fsp3) is 0. The van der Waals surface area contributed by atoms with Crippen LogP contribution in [0.3, 0.4) is 0 Å². The largest absolute Gasteiger partial charge is 0.456 e. The van der Waals surface area contributed by atoms with E-state index in [9.17, 15) is 0 Å². The molecule has 3 heteroatoms. The predicted octanol–water partition coefficient (Wildman–Crippen LogP) is 11.0. The average molecular weight is 573 g/mol. The molecule has 0 spiro atoms. The van der Waals surface area contributed by atoms with Crippen LogP contribution in [0.25, 0.3) is 88.1 Å². The van der Waals surface area contributed by atoms with Crippen LogP contribution in [-0.2, 0) is 0 Å². The highest BCUT2D eigenvalue weighted by molar-refractivity contribution is 6.11. The van der Waals surface area contributed by atoms with Gasteiger partial charge in [0.2, 0.25) is 0 Å². The molecule has 45 heavy (non-hydrogen) atoms. The van der Waals surface area contributed by atoms with Crippen molar-refractivity contribution >= 4 is 65.6 Å². The summed E-state index contributed by atoms with van der Waals surface area (Å²) in [6.07, 6.45) is 0. The summed E-state index contributed by atoms with van der Waals surface area (Å²) in [4.78, 5) is 0. The van der Waals surface area contributed by atoms with Gasteiger partial charge in [0, 0.05) is 38.3 Å². The zero-order chi connectivity index (χ0) is 29.5. The lowest BCUT2D eigenvalue weighted by molar-refractivity contribution is 0.669. The maximum absolute atomic E-state index is 6.35. The molecular formula is C42H24N2O. The van der Waals surface area contributed by atoms with Crippen LogP contribution in [0.1, 0.15) is 0 Å². The van der Waals surface area contributed by atoms with Crippen LogP contribution in [0.4, 0.5) is 0 Å². The van der Waals surface area contributed by atoms with Gasteiger partial charge in [0.1, 0.15) is 11.2 Å². The molecule has 3 nitrogen and oxygen atoms in total. The molecule has 3 heterocycles. The van der Waals surface area contributed by atoms with Crippen molar-refractivity contribution in [2.75, 3.05) is 0 Å². The van der Waals surface area contributed by atoms with Crippen molar-refractivity contribution in [1.82, 2.24) is 9.13 Å². The first-order chi connectivity index (χ1) is 22.3. The summed E-state index contributed by atoms with van der Waals surface area (Å²) >= 11 is 0. The van der Waals surface area contributed by atoms with Crippen LogP contribution in [0, 0.1) is 12.1 Å². The maximum atomic E-state index is 6.35. The molecule has 0 fully saturated rings. The van der Waals surface area contributed by atoms with Gasteiger partial charge in [-0.1, -0.05) is 84.9 Å². The third kappa shape index (κ3) is 3.48. The highest BCUT2D eigenvalue weighted by Crippen LogP contribution is 2.38. The third-order valence-electron chi connectivity index (χ3n) is 9.16. The third-order valence-corrected chi connectivity index (χ3v) is 9.16. The highest BCUT2D eigenvalue weighted by atomic mass is 16.3. The average Bonchev–Trinajstić information content (AvgIpc) is 3.75. The van der Waals surface area contributed by atoms with Crippen LogP contribution in [0.5, 0.6) is 0 Å². The van der Waals surface area contributed by atoms with Gasteiger partial charge in [0.05, 0.1) is 27.5 Å². The van der Waals surface area contributed by atoms with Gasteiger partial charge in [-0.15, -0.1) is 0 Å². The Bertz CT molecular complexity index is 2670. The van der Waals surface area contributed by atoms with Crippen molar-refractivity contribution in [3.8, 4) is 22.5 Å². The molecule has 0 saturated carbocycles. The minimum absolute atomic E-state index is 0.887. The monoisotopic (exact) mass is 572 g/mol. The minimum atomic E-state index is 0.887. The Balaban J connectivity index is 1.15. The first-order valence-corrected chi connectivity index (χ1v) is 15.2. The molecule has 0 aliphatic heterocycles. The van der Waals surface area contributed by atoms with E-state index in [-0.39, 0.29) is 0 Å². The summed E-state index contributed by atoms with van der Waals surface area (Å²) in [5.41, 5.74) is 11.0. The Hall–Kier alpha value is -6.24. The summed E-state index contributed by atoms with van der Waals surface area (Å²) in [5.74, 6) is 0. The molecule has 0 radical (unpaired) electrons. The van der Waals surface area contributed by atoms with E-state index >= 15 is 0 Å². The Labute approximate surface area is 258 Å². The van der Waals surface area contributed by atoms with E-state index in [0.29, 0.717) is 0 Å². The van der Waals surface area contributed by atoms with Crippen molar-refractivity contribution in [1.29, 1.82) is 0 Å². The van der Waals surface area contributed by atoms with Crippen molar-refractivity contribution in [3.05, 3.63) is 158 Å². The number of hydrogen-bond acceptors (Lipinski definition) is 1. The Morgan fingerprint density at radius 1 is 0.422 bits per heavy atom. The van der Waals surface area contributed by atoms with Gasteiger partial charge in [-0.05, 0) is 83.9 Å².